The van der Waals surface area contributed by atoms with Gasteiger partial charge >= 0.3 is 0 Å². The van der Waals surface area contributed by atoms with Gasteiger partial charge < -0.3 is 14.6 Å². The standard InChI is InChI=1S/C17H20N2O3S/c20-17(18-8-11-23-14-6-9-21-10-7-14)15-12-16(22-19-15)13-4-2-1-3-5-13/h1-5,12,14H,6-11H2,(H,18,20). The summed E-state index contributed by atoms with van der Waals surface area (Å²) in [6, 6.07) is 11.3. The van der Waals surface area contributed by atoms with Crippen LogP contribution in [0.15, 0.2) is 40.9 Å². The SMILES string of the molecule is O=C(NCCSC1CCOCC1)c1cc(-c2ccccc2)on1. The molecule has 1 aromatic carbocycles. The Bertz CT molecular complexity index is 624. The predicted molar refractivity (Wildman–Crippen MR) is 90.6 cm³/mol. The van der Waals surface area contributed by atoms with Gasteiger partial charge in [0.25, 0.3) is 5.91 Å². The van der Waals surface area contributed by atoms with E-state index < -0.39 is 0 Å². The van der Waals surface area contributed by atoms with E-state index in [-0.39, 0.29) is 5.91 Å². The van der Waals surface area contributed by atoms with Crippen molar-refractivity contribution in [1.82, 2.24) is 10.5 Å². The number of rotatable bonds is 6. The van der Waals surface area contributed by atoms with Gasteiger partial charge in [-0.15, -0.1) is 0 Å². The zero-order valence-electron chi connectivity index (χ0n) is 12.9. The molecule has 0 atom stereocenters. The second kappa shape index (κ2) is 8.17. The van der Waals surface area contributed by atoms with Crippen LogP contribution in [0.3, 0.4) is 0 Å². The van der Waals surface area contributed by atoms with Crippen molar-refractivity contribution in [3.63, 3.8) is 0 Å². The molecule has 23 heavy (non-hydrogen) atoms. The Morgan fingerprint density at radius 1 is 1.26 bits per heavy atom. The number of aromatic nitrogens is 1. The summed E-state index contributed by atoms with van der Waals surface area (Å²) in [7, 11) is 0. The number of hydrogen-bond acceptors (Lipinski definition) is 5. The zero-order valence-corrected chi connectivity index (χ0v) is 13.7. The number of hydrogen-bond donors (Lipinski definition) is 1. The zero-order chi connectivity index (χ0) is 15.9. The average molecular weight is 332 g/mol. The monoisotopic (exact) mass is 332 g/mol. The van der Waals surface area contributed by atoms with Gasteiger partial charge in [-0.1, -0.05) is 35.5 Å². The van der Waals surface area contributed by atoms with E-state index in [1.807, 2.05) is 42.1 Å². The van der Waals surface area contributed by atoms with Gasteiger partial charge in [0.1, 0.15) is 0 Å². The second-order valence-electron chi connectivity index (χ2n) is 5.38. The first kappa shape index (κ1) is 16.1. The van der Waals surface area contributed by atoms with E-state index in [1.54, 1.807) is 6.07 Å². The molecule has 3 rings (SSSR count). The Labute approximate surface area is 139 Å². The van der Waals surface area contributed by atoms with Crippen LogP contribution in [0, 0.1) is 0 Å². The van der Waals surface area contributed by atoms with E-state index in [0.717, 1.165) is 37.4 Å². The number of ether oxygens (including phenoxy) is 1. The fourth-order valence-electron chi connectivity index (χ4n) is 2.44. The lowest BCUT2D eigenvalue weighted by atomic mass is 10.1. The molecule has 0 bridgehead atoms. The van der Waals surface area contributed by atoms with E-state index in [4.69, 9.17) is 9.26 Å². The Hall–Kier alpha value is -1.79. The first-order valence-corrected chi connectivity index (χ1v) is 8.87. The number of thioether (sulfide) groups is 1. The molecular weight excluding hydrogens is 312 g/mol. The van der Waals surface area contributed by atoms with Crippen molar-refractivity contribution >= 4 is 17.7 Å². The maximum absolute atomic E-state index is 12.1. The van der Waals surface area contributed by atoms with Crippen LogP contribution in [0.25, 0.3) is 11.3 Å². The number of nitrogens with one attached hydrogen (secondary N) is 1. The summed E-state index contributed by atoms with van der Waals surface area (Å²) in [5.74, 6) is 1.32. The van der Waals surface area contributed by atoms with Crippen LogP contribution in [-0.2, 0) is 4.74 Å². The molecule has 0 saturated carbocycles. The highest BCUT2D eigenvalue weighted by atomic mass is 32.2. The van der Waals surface area contributed by atoms with Crippen molar-refractivity contribution in [2.24, 2.45) is 0 Å². The molecule has 1 N–H and O–H groups in total. The van der Waals surface area contributed by atoms with Crippen LogP contribution in [0.2, 0.25) is 0 Å². The summed E-state index contributed by atoms with van der Waals surface area (Å²) in [4.78, 5) is 12.1. The minimum Gasteiger partial charge on any atom is -0.381 e. The first-order valence-electron chi connectivity index (χ1n) is 7.82. The van der Waals surface area contributed by atoms with Crippen LogP contribution in [-0.4, -0.2) is 41.8 Å². The summed E-state index contributed by atoms with van der Waals surface area (Å²) in [6.07, 6.45) is 2.20. The van der Waals surface area contributed by atoms with Crippen molar-refractivity contribution < 1.29 is 14.1 Å². The van der Waals surface area contributed by atoms with E-state index in [2.05, 4.69) is 10.5 Å². The lowest BCUT2D eigenvalue weighted by Gasteiger charge is -2.21. The van der Waals surface area contributed by atoms with Crippen molar-refractivity contribution in [2.45, 2.75) is 18.1 Å². The summed E-state index contributed by atoms with van der Waals surface area (Å²) in [6.45, 7) is 2.34. The molecule has 1 aliphatic rings. The molecule has 1 saturated heterocycles. The number of benzene rings is 1. The normalized spacial score (nSPS) is 15.5. The average Bonchev–Trinajstić information content (AvgIpc) is 3.10. The topological polar surface area (TPSA) is 64.4 Å². The number of nitrogens with zero attached hydrogens (tertiary/aromatic N) is 1. The number of carbonyl (C=O) groups excluding carboxylic acids is 1. The Kier molecular flexibility index (Phi) is 5.71. The quantitative estimate of drug-likeness (QED) is 0.824. The van der Waals surface area contributed by atoms with E-state index in [0.29, 0.717) is 23.2 Å². The smallest absolute Gasteiger partial charge is 0.273 e. The molecule has 0 spiro atoms. The van der Waals surface area contributed by atoms with Crippen LogP contribution >= 0.6 is 11.8 Å². The maximum Gasteiger partial charge on any atom is 0.273 e. The Balaban J connectivity index is 1.44. The molecule has 1 aromatic heterocycles. The fourth-order valence-corrected chi connectivity index (χ4v) is 3.52. The Morgan fingerprint density at radius 3 is 2.83 bits per heavy atom. The van der Waals surface area contributed by atoms with Gasteiger partial charge in [0.05, 0.1) is 0 Å². The lowest BCUT2D eigenvalue weighted by Crippen LogP contribution is -2.27. The van der Waals surface area contributed by atoms with E-state index in [1.165, 1.54) is 0 Å². The number of carbonyl (C=O) groups is 1. The van der Waals surface area contributed by atoms with Crippen molar-refractivity contribution in [2.75, 3.05) is 25.5 Å². The van der Waals surface area contributed by atoms with Gasteiger partial charge in [0.2, 0.25) is 0 Å². The lowest BCUT2D eigenvalue weighted by molar-refractivity contribution is 0.0946. The summed E-state index contributed by atoms with van der Waals surface area (Å²) in [5.41, 5.74) is 1.23. The fraction of sp³-hybridized carbons (Fsp3) is 0.412. The molecule has 6 heteroatoms. The predicted octanol–water partition coefficient (Wildman–Crippen LogP) is 2.98. The van der Waals surface area contributed by atoms with Crippen LogP contribution < -0.4 is 5.32 Å². The minimum atomic E-state index is -0.191. The van der Waals surface area contributed by atoms with Crippen molar-refractivity contribution in [3.05, 3.63) is 42.1 Å². The van der Waals surface area contributed by atoms with Gasteiger partial charge in [-0.05, 0) is 12.8 Å². The molecule has 2 heterocycles. The van der Waals surface area contributed by atoms with Gasteiger partial charge in [-0.25, -0.2) is 0 Å². The highest BCUT2D eigenvalue weighted by Gasteiger charge is 2.15. The van der Waals surface area contributed by atoms with E-state index in [9.17, 15) is 4.79 Å². The minimum absolute atomic E-state index is 0.191. The van der Waals surface area contributed by atoms with Gasteiger partial charge in [-0.2, -0.15) is 11.8 Å². The molecular formula is C17H20N2O3S. The second-order valence-corrected chi connectivity index (χ2v) is 6.79. The third-order valence-corrected chi connectivity index (χ3v) is 5.09. The third-order valence-electron chi connectivity index (χ3n) is 3.71. The van der Waals surface area contributed by atoms with Gasteiger partial charge in [0.15, 0.2) is 11.5 Å². The summed E-state index contributed by atoms with van der Waals surface area (Å²) >= 11 is 1.90. The first-order chi connectivity index (χ1) is 11.3. The molecule has 1 fully saturated rings. The number of amides is 1. The Morgan fingerprint density at radius 2 is 2.04 bits per heavy atom. The highest BCUT2D eigenvalue weighted by molar-refractivity contribution is 7.99. The molecule has 122 valence electrons. The van der Waals surface area contributed by atoms with Crippen molar-refractivity contribution in [3.8, 4) is 11.3 Å². The summed E-state index contributed by atoms with van der Waals surface area (Å²) in [5, 5.41) is 7.39. The molecule has 0 radical (unpaired) electrons. The molecule has 0 aliphatic carbocycles. The van der Waals surface area contributed by atoms with Crippen LogP contribution in [0.1, 0.15) is 23.3 Å². The van der Waals surface area contributed by atoms with Gasteiger partial charge in [0, 0.05) is 42.4 Å². The molecule has 2 aromatic rings. The third kappa shape index (κ3) is 4.59. The molecule has 1 amide bonds. The van der Waals surface area contributed by atoms with E-state index >= 15 is 0 Å². The van der Waals surface area contributed by atoms with Crippen LogP contribution in [0.4, 0.5) is 0 Å². The summed E-state index contributed by atoms with van der Waals surface area (Å²) < 4.78 is 10.6. The van der Waals surface area contributed by atoms with Crippen molar-refractivity contribution in [1.29, 1.82) is 0 Å². The molecule has 5 nitrogen and oxygen atoms in total. The highest BCUT2D eigenvalue weighted by Crippen LogP contribution is 2.21. The largest absolute Gasteiger partial charge is 0.381 e. The van der Waals surface area contributed by atoms with Gasteiger partial charge in [-0.3, -0.25) is 4.79 Å². The molecule has 1 aliphatic heterocycles. The molecule has 0 unspecified atom stereocenters. The maximum atomic E-state index is 12.1. The van der Waals surface area contributed by atoms with Crippen LogP contribution in [0.5, 0.6) is 0 Å².